The number of carboxylic acids is 1. The van der Waals surface area contributed by atoms with Gasteiger partial charge in [0.2, 0.25) is 0 Å². The number of nitrogens with one attached hydrogen (secondary N) is 1. The summed E-state index contributed by atoms with van der Waals surface area (Å²) < 4.78 is 67.5. The summed E-state index contributed by atoms with van der Waals surface area (Å²) in [6.45, 7) is 10.3. The van der Waals surface area contributed by atoms with Crippen LogP contribution in [0.5, 0.6) is 5.75 Å². The maximum Gasteiger partial charge on any atom is 0.471 e. The number of alkyl carbamates (subject to hydrolysis) is 1. The summed E-state index contributed by atoms with van der Waals surface area (Å²) in [5.74, 6) is -6.31. The summed E-state index contributed by atoms with van der Waals surface area (Å²) in [6.07, 6.45) is -4.29. The van der Waals surface area contributed by atoms with Gasteiger partial charge in [-0.1, -0.05) is 49.1 Å². The van der Waals surface area contributed by atoms with Crippen molar-refractivity contribution in [3.05, 3.63) is 78.1 Å². The second-order valence-corrected chi connectivity index (χ2v) is 9.56. The van der Waals surface area contributed by atoms with E-state index in [0.717, 1.165) is 6.07 Å². The molecule has 0 heterocycles. The van der Waals surface area contributed by atoms with Gasteiger partial charge in [-0.15, -0.1) is 6.58 Å². The number of hydrogen-bond donors (Lipinski definition) is 2. The lowest BCUT2D eigenvalue weighted by molar-refractivity contribution is -0.171. The van der Waals surface area contributed by atoms with E-state index >= 15 is 4.39 Å². The molecule has 2 aromatic rings. The van der Waals surface area contributed by atoms with Crippen molar-refractivity contribution in [3.8, 4) is 5.75 Å². The zero-order valence-electron chi connectivity index (χ0n) is 22.2. The van der Waals surface area contributed by atoms with E-state index in [4.69, 9.17) is 9.47 Å². The maximum absolute atomic E-state index is 16.2. The third kappa shape index (κ3) is 8.85. The van der Waals surface area contributed by atoms with E-state index in [9.17, 15) is 32.7 Å². The number of aliphatic carboxylic acids is 1. The van der Waals surface area contributed by atoms with Crippen molar-refractivity contribution in [2.24, 2.45) is 0 Å². The quantitative estimate of drug-likeness (QED) is 0.269. The number of carbonyl (C=O) groups is 3. The fourth-order valence-electron chi connectivity index (χ4n) is 3.57. The molecule has 2 N–H and O–H groups in total. The minimum atomic E-state index is -5.53. The fourth-order valence-corrected chi connectivity index (χ4v) is 3.57. The molecule has 0 aliphatic heterocycles. The molecule has 0 aliphatic carbocycles. The molecule has 0 fully saturated rings. The Balaban J connectivity index is 2.67. The maximum atomic E-state index is 16.2. The molecule has 8 nitrogen and oxygen atoms in total. The van der Waals surface area contributed by atoms with Crippen molar-refractivity contribution in [1.82, 2.24) is 5.32 Å². The van der Waals surface area contributed by atoms with Gasteiger partial charge in [-0.2, -0.15) is 13.2 Å². The Morgan fingerprint density at radius 3 is 2.25 bits per heavy atom. The molecule has 0 saturated heterocycles. The predicted octanol–water partition coefficient (Wildman–Crippen LogP) is 5.65. The van der Waals surface area contributed by atoms with Crippen LogP contribution >= 0.6 is 0 Å². The zero-order valence-corrected chi connectivity index (χ0v) is 22.2. The second kappa shape index (κ2) is 13.1. The van der Waals surface area contributed by atoms with Crippen molar-refractivity contribution in [2.45, 2.75) is 51.6 Å². The third-order valence-corrected chi connectivity index (χ3v) is 5.26. The molecule has 216 valence electrons. The number of amides is 2. The van der Waals surface area contributed by atoms with Crippen LogP contribution in [-0.2, 0) is 27.4 Å². The van der Waals surface area contributed by atoms with Crippen LogP contribution < -0.4 is 15.0 Å². The highest BCUT2D eigenvalue weighted by Crippen LogP contribution is 2.39. The molecule has 2 amide bonds. The monoisotopic (exact) mass is 566 g/mol. The van der Waals surface area contributed by atoms with E-state index in [1.165, 1.54) is 12.2 Å². The summed E-state index contributed by atoms with van der Waals surface area (Å²) in [5, 5.41) is 11.8. The largest absolute Gasteiger partial charge is 0.487 e. The average Bonchev–Trinajstić information content (AvgIpc) is 2.85. The Bertz CT molecular complexity index is 1260. The number of carbonyl (C=O) groups excluding carboxylic acids is 2. The van der Waals surface area contributed by atoms with E-state index < -0.39 is 59.6 Å². The van der Waals surface area contributed by atoms with Gasteiger partial charge in [0.25, 0.3) is 0 Å². The highest BCUT2D eigenvalue weighted by Gasteiger charge is 2.45. The van der Waals surface area contributed by atoms with Gasteiger partial charge in [-0.3, -0.25) is 14.5 Å². The van der Waals surface area contributed by atoms with E-state index in [-0.39, 0.29) is 29.1 Å². The summed E-state index contributed by atoms with van der Waals surface area (Å²) >= 11 is 0. The number of hydrogen-bond acceptors (Lipinski definition) is 5. The summed E-state index contributed by atoms with van der Waals surface area (Å²) in [4.78, 5) is 35.8. The first-order valence-electron chi connectivity index (χ1n) is 11.9. The van der Waals surface area contributed by atoms with Gasteiger partial charge in [0.15, 0.2) is 5.82 Å². The third-order valence-electron chi connectivity index (χ3n) is 5.26. The van der Waals surface area contributed by atoms with Gasteiger partial charge >= 0.3 is 24.1 Å². The molecule has 0 saturated carbocycles. The lowest BCUT2D eigenvalue weighted by Gasteiger charge is -2.27. The van der Waals surface area contributed by atoms with Gasteiger partial charge in [0.05, 0.1) is 6.04 Å². The minimum absolute atomic E-state index is 0.0666. The summed E-state index contributed by atoms with van der Waals surface area (Å²) in [6, 6.07) is 8.54. The van der Waals surface area contributed by atoms with Crippen molar-refractivity contribution >= 4 is 29.7 Å². The highest BCUT2D eigenvalue weighted by molar-refractivity contribution is 6.02. The number of carboxylic acid groups (broad SMARTS) is 1. The minimum Gasteiger partial charge on any atom is -0.487 e. The lowest BCUT2D eigenvalue weighted by Crippen LogP contribution is -2.45. The molecule has 0 spiro atoms. The van der Waals surface area contributed by atoms with Crippen LogP contribution in [0.3, 0.4) is 0 Å². The van der Waals surface area contributed by atoms with Crippen LogP contribution in [0.25, 0.3) is 6.08 Å². The van der Waals surface area contributed by atoms with E-state index in [2.05, 4.69) is 18.5 Å². The van der Waals surface area contributed by atoms with Gasteiger partial charge in [-0.25, -0.2) is 9.18 Å². The molecule has 0 aromatic heterocycles. The van der Waals surface area contributed by atoms with Crippen molar-refractivity contribution in [2.75, 3.05) is 11.4 Å². The van der Waals surface area contributed by atoms with E-state index in [1.54, 1.807) is 51.1 Å². The molecule has 12 heteroatoms. The number of alkyl halides is 3. The molecule has 0 aliphatic rings. The molecular formula is C28H30F4N2O6. The normalized spacial score (nSPS) is 12.2. The Hall–Kier alpha value is -4.35. The number of ether oxygens (including phenoxy) is 2. The number of halogens is 4. The molecule has 0 radical (unpaired) electrons. The first-order valence-corrected chi connectivity index (χ1v) is 11.9. The van der Waals surface area contributed by atoms with Gasteiger partial charge in [-0.05, 0) is 49.9 Å². The van der Waals surface area contributed by atoms with E-state index in [0.29, 0.717) is 5.56 Å². The second-order valence-electron chi connectivity index (χ2n) is 9.56. The molecule has 40 heavy (non-hydrogen) atoms. The van der Waals surface area contributed by atoms with Crippen molar-refractivity contribution in [1.29, 1.82) is 0 Å². The predicted molar refractivity (Wildman–Crippen MR) is 140 cm³/mol. The van der Waals surface area contributed by atoms with E-state index in [1.807, 2.05) is 0 Å². The molecule has 2 aromatic carbocycles. The van der Waals surface area contributed by atoms with Crippen molar-refractivity contribution in [3.63, 3.8) is 0 Å². The summed E-state index contributed by atoms with van der Waals surface area (Å²) in [5.41, 5.74) is -1.52. The highest BCUT2D eigenvalue weighted by atomic mass is 19.4. The lowest BCUT2D eigenvalue weighted by atomic mass is 9.97. The smallest absolute Gasteiger partial charge is 0.471 e. The molecule has 0 unspecified atom stereocenters. The Morgan fingerprint density at radius 2 is 1.75 bits per heavy atom. The molecule has 2 rings (SSSR count). The zero-order chi connectivity index (χ0) is 30.3. The number of nitrogens with zero attached hydrogens (tertiary/aromatic N) is 1. The van der Waals surface area contributed by atoms with Gasteiger partial charge in [0.1, 0.15) is 30.2 Å². The first-order chi connectivity index (χ1) is 18.6. The summed E-state index contributed by atoms with van der Waals surface area (Å²) in [7, 11) is 0. The SMILES string of the molecule is C=Cc1cc(OCc2ccccc2)c(N(CC(=O)O)C(=O)C(F)(F)F)c(F)c1C[C@@H](C=C)NC(=O)OC(C)(C)C. The van der Waals surface area contributed by atoms with Crippen LogP contribution in [0, 0.1) is 5.82 Å². The van der Waals surface area contributed by atoms with Crippen LogP contribution in [0.4, 0.5) is 28.0 Å². The number of benzene rings is 2. The number of anilines is 1. The Kier molecular flexibility index (Phi) is 10.5. The Labute approximate surface area is 228 Å². The van der Waals surface area contributed by atoms with Crippen molar-refractivity contribution < 1.29 is 46.5 Å². The van der Waals surface area contributed by atoms with Gasteiger partial charge < -0.3 is 19.9 Å². The van der Waals surface area contributed by atoms with Crippen LogP contribution in [-0.4, -0.2) is 47.4 Å². The molecule has 0 bridgehead atoms. The van der Waals surface area contributed by atoms with Crippen LogP contribution in [0.1, 0.15) is 37.5 Å². The number of rotatable bonds is 11. The Morgan fingerprint density at radius 1 is 1.12 bits per heavy atom. The van der Waals surface area contributed by atoms with Gasteiger partial charge in [0, 0.05) is 0 Å². The average molecular weight is 567 g/mol. The topological polar surface area (TPSA) is 105 Å². The molecule has 1 atom stereocenters. The molecular weight excluding hydrogens is 536 g/mol. The standard InChI is InChI=1S/C28H30F4N2O6/c1-6-18-13-21(39-16-17-11-9-8-10-12-17)24(34(15-22(35)36)25(37)28(30,31)32)23(29)20(18)14-19(7-2)33-26(38)40-27(3,4)5/h6-13,19H,1-2,14-16H2,3-5H3,(H,33,38)(H,35,36)/t19-/m1/s1. The fraction of sp³-hybridized carbons (Fsp3) is 0.321. The van der Waals surface area contributed by atoms with Crippen LogP contribution in [0.15, 0.2) is 55.6 Å². The first kappa shape index (κ1) is 31.9. The van der Waals surface area contributed by atoms with Crippen LogP contribution in [0.2, 0.25) is 0 Å².